The number of benzene rings is 2. The van der Waals surface area contributed by atoms with Crippen molar-refractivity contribution in [2.45, 2.75) is 0 Å². The van der Waals surface area contributed by atoms with Gasteiger partial charge in [-0.1, -0.05) is 24.3 Å². The fourth-order valence-corrected chi connectivity index (χ4v) is 1.50. The Bertz CT molecular complexity index is 508. The summed E-state index contributed by atoms with van der Waals surface area (Å²) in [6.45, 7) is 0. The number of fused-ring (bicyclic) bond motifs is 1. The number of aromatic carboxylic acids is 1. The number of aromatic hydroxyl groups is 1. The monoisotopic (exact) mass is 212 g/mol. The Hall–Kier alpha value is -1.03. The summed E-state index contributed by atoms with van der Waals surface area (Å²) in [7, 11) is 0. The first-order valence-corrected chi connectivity index (χ1v) is 4.14. The van der Waals surface area contributed by atoms with Crippen LogP contribution in [-0.2, 0) is 0 Å². The van der Waals surface area contributed by atoms with Gasteiger partial charge in [0, 0.05) is 5.39 Å². The maximum absolute atomic E-state index is 10.9. The smallest absolute Gasteiger partial charge is 1.00 e. The molecule has 0 spiro atoms. The van der Waals surface area contributed by atoms with Crippen LogP contribution in [0, 0.1) is 0 Å². The first-order chi connectivity index (χ1) is 6.70. The van der Waals surface area contributed by atoms with Crippen LogP contribution in [0.25, 0.3) is 10.8 Å². The minimum Gasteiger partial charge on any atom is -1.00 e. The Morgan fingerprint density at radius 1 is 1.13 bits per heavy atom. The van der Waals surface area contributed by atoms with Gasteiger partial charge in [0.05, 0.1) is 5.56 Å². The zero-order valence-corrected chi connectivity index (χ0v) is 10.3. The second kappa shape index (κ2) is 4.66. The van der Waals surface area contributed by atoms with Gasteiger partial charge < -0.3 is 11.6 Å². The third kappa shape index (κ3) is 2.15. The zero-order valence-electron chi connectivity index (χ0n) is 9.27. The van der Waals surface area contributed by atoms with Gasteiger partial charge in [-0.05, 0) is 17.5 Å². The summed E-state index contributed by atoms with van der Waals surface area (Å²) in [5.74, 6) is -1.03. The predicted molar refractivity (Wildman–Crippen MR) is 53.7 cm³/mol. The SMILES string of the molecule is O=C(O)c1cccc2cccc(O)c12.[H-].[Na+]. The second-order valence-electron chi connectivity index (χ2n) is 2.99. The van der Waals surface area contributed by atoms with E-state index in [1.165, 1.54) is 12.1 Å². The van der Waals surface area contributed by atoms with E-state index in [0.29, 0.717) is 5.39 Å². The molecule has 0 saturated carbocycles. The van der Waals surface area contributed by atoms with Gasteiger partial charge in [0.25, 0.3) is 0 Å². The Balaban J connectivity index is 0.00000112. The van der Waals surface area contributed by atoms with Crippen molar-refractivity contribution in [2.75, 3.05) is 0 Å². The molecule has 0 radical (unpaired) electrons. The van der Waals surface area contributed by atoms with Crippen LogP contribution in [-0.4, -0.2) is 16.2 Å². The average Bonchev–Trinajstić information content (AvgIpc) is 2.17. The van der Waals surface area contributed by atoms with E-state index in [9.17, 15) is 9.90 Å². The Kier molecular flexibility index (Phi) is 3.74. The van der Waals surface area contributed by atoms with Gasteiger partial charge in [0.15, 0.2) is 0 Å². The topological polar surface area (TPSA) is 57.5 Å². The second-order valence-corrected chi connectivity index (χ2v) is 2.99. The first kappa shape index (κ1) is 12.0. The predicted octanol–water partition coefficient (Wildman–Crippen LogP) is -0.640. The fraction of sp³-hybridized carbons (Fsp3) is 0. The van der Waals surface area contributed by atoms with E-state index in [2.05, 4.69) is 0 Å². The largest absolute Gasteiger partial charge is 1.00 e. The Morgan fingerprint density at radius 2 is 1.73 bits per heavy atom. The molecule has 4 heteroatoms. The number of carbonyl (C=O) groups is 1. The van der Waals surface area contributed by atoms with E-state index in [0.717, 1.165) is 5.39 Å². The van der Waals surface area contributed by atoms with Crippen molar-refractivity contribution in [3.05, 3.63) is 42.0 Å². The van der Waals surface area contributed by atoms with Crippen LogP contribution >= 0.6 is 0 Å². The number of hydrogen-bond acceptors (Lipinski definition) is 2. The molecule has 3 nitrogen and oxygen atoms in total. The molecule has 0 amide bonds. The van der Waals surface area contributed by atoms with Gasteiger partial charge >= 0.3 is 35.5 Å². The van der Waals surface area contributed by atoms with Gasteiger partial charge in [-0.3, -0.25) is 0 Å². The van der Waals surface area contributed by atoms with Gasteiger partial charge in [-0.15, -0.1) is 0 Å². The molecule has 0 fully saturated rings. The van der Waals surface area contributed by atoms with Crippen LogP contribution in [0.15, 0.2) is 36.4 Å². The Morgan fingerprint density at radius 3 is 2.33 bits per heavy atom. The normalized spacial score (nSPS) is 9.60. The van der Waals surface area contributed by atoms with E-state index < -0.39 is 5.97 Å². The number of rotatable bonds is 1. The van der Waals surface area contributed by atoms with Crippen molar-refractivity contribution in [3.8, 4) is 5.75 Å². The maximum atomic E-state index is 10.9. The molecule has 0 unspecified atom stereocenters. The summed E-state index contributed by atoms with van der Waals surface area (Å²) in [6, 6.07) is 9.83. The maximum Gasteiger partial charge on any atom is 1.00 e. The number of hydrogen-bond donors (Lipinski definition) is 2. The summed E-state index contributed by atoms with van der Waals surface area (Å²) < 4.78 is 0. The van der Waals surface area contributed by atoms with Gasteiger partial charge in [0.1, 0.15) is 5.75 Å². The number of phenolic OH excluding ortho intramolecular Hbond substituents is 1. The van der Waals surface area contributed by atoms with E-state index >= 15 is 0 Å². The number of carboxylic acid groups (broad SMARTS) is 1. The van der Waals surface area contributed by atoms with Crippen LogP contribution in [0.2, 0.25) is 0 Å². The molecular formula is C11H9NaO3. The molecule has 2 aromatic carbocycles. The average molecular weight is 212 g/mol. The molecule has 0 aromatic heterocycles. The van der Waals surface area contributed by atoms with Gasteiger partial charge in [-0.2, -0.15) is 0 Å². The van der Waals surface area contributed by atoms with Crippen molar-refractivity contribution in [1.82, 2.24) is 0 Å². The third-order valence-electron chi connectivity index (χ3n) is 2.11. The number of carboxylic acids is 1. The summed E-state index contributed by atoms with van der Waals surface area (Å²) in [4.78, 5) is 10.9. The van der Waals surface area contributed by atoms with Crippen LogP contribution in [0.1, 0.15) is 11.8 Å². The van der Waals surface area contributed by atoms with E-state index in [1.807, 2.05) is 0 Å². The van der Waals surface area contributed by atoms with Crippen LogP contribution in [0.4, 0.5) is 0 Å². The van der Waals surface area contributed by atoms with E-state index in [1.54, 1.807) is 24.3 Å². The van der Waals surface area contributed by atoms with Crippen molar-refractivity contribution >= 4 is 16.7 Å². The molecule has 2 N–H and O–H groups in total. The van der Waals surface area contributed by atoms with Crippen molar-refractivity contribution in [2.24, 2.45) is 0 Å². The third-order valence-corrected chi connectivity index (χ3v) is 2.11. The summed E-state index contributed by atoms with van der Waals surface area (Å²) >= 11 is 0. The van der Waals surface area contributed by atoms with Gasteiger partial charge in [-0.25, -0.2) is 4.79 Å². The molecule has 2 rings (SSSR count). The van der Waals surface area contributed by atoms with E-state index in [4.69, 9.17) is 5.11 Å². The molecule has 0 aliphatic rings. The standard InChI is InChI=1S/C11H8O3.Na.H/c12-9-6-2-4-7-3-1-5-8(10(7)9)11(13)14;;/h1-6,12H,(H,13,14);;/q;+1;-1. The van der Waals surface area contributed by atoms with Crippen molar-refractivity contribution < 1.29 is 46.0 Å². The molecule has 0 aliphatic carbocycles. The van der Waals surface area contributed by atoms with E-state index in [-0.39, 0.29) is 42.3 Å². The summed E-state index contributed by atoms with van der Waals surface area (Å²) in [5, 5.41) is 19.6. The van der Waals surface area contributed by atoms with Gasteiger partial charge in [0.2, 0.25) is 0 Å². The summed E-state index contributed by atoms with van der Waals surface area (Å²) in [5.41, 5.74) is 0.126. The minimum atomic E-state index is -1.03. The molecule has 72 valence electrons. The van der Waals surface area contributed by atoms with Crippen LogP contribution in [0.5, 0.6) is 5.75 Å². The molecule has 0 heterocycles. The molecule has 15 heavy (non-hydrogen) atoms. The molecule has 0 atom stereocenters. The first-order valence-electron chi connectivity index (χ1n) is 4.14. The molecule has 0 aliphatic heterocycles. The zero-order chi connectivity index (χ0) is 10.1. The van der Waals surface area contributed by atoms with Crippen molar-refractivity contribution in [1.29, 1.82) is 0 Å². The van der Waals surface area contributed by atoms with Crippen molar-refractivity contribution in [3.63, 3.8) is 0 Å². The molecule has 0 saturated heterocycles. The van der Waals surface area contributed by atoms with Crippen LogP contribution < -0.4 is 29.6 Å². The minimum absolute atomic E-state index is 0. The molecule has 2 aromatic rings. The number of phenols is 1. The summed E-state index contributed by atoms with van der Waals surface area (Å²) in [6.07, 6.45) is 0. The molecular weight excluding hydrogens is 203 g/mol. The molecule has 0 bridgehead atoms. The quantitative estimate of drug-likeness (QED) is 0.618. The Labute approximate surface area is 110 Å². The van der Waals surface area contributed by atoms with Crippen LogP contribution in [0.3, 0.4) is 0 Å². The fourth-order valence-electron chi connectivity index (χ4n) is 1.50.